The number of nitrogens with zero attached hydrogens (tertiary/aromatic N) is 1. The van der Waals surface area contributed by atoms with Crippen LogP contribution in [0.5, 0.6) is 0 Å². The van der Waals surface area contributed by atoms with Gasteiger partial charge in [-0.25, -0.2) is 0 Å². The highest BCUT2D eigenvalue weighted by molar-refractivity contribution is 5.84. The number of nitrogen functional groups attached to an aromatic ring is 1. The maximum Gasteiger partial charge on any atom is 0.0439 e. The van der Waals surface area contributed by atoms with E-state index in [1.807, 2.05) is 0 Å². The average molecular weight is 399 g/mol. The highest BCUT2D eigenvalue weighted by Gasteiger charge is 2.20. The van der Waals surface area contributed by atoms with E-state index in [1.54, 1.807) is 0 Å². The Kier molecular flexibility index (Phi) is 6.24. The van der Waals surface area contributed by atoms with Gasteiger partial charge in [0.1, 0.15) is 0 Å². The van der Waals surface area contributed by atoms with Crippen molar-refractivity contribution in [1.29, 1.82) is 0 Å². The summed E-state index contributed by atoms with van der Waals surface area (Å²) < 4.78 is 0. The molecule has 0 saturated heterocycles. The molecule has 4 rings (SSSR count). The van der Waals surface area contributed by atoms with Gasteiger partial charge in [-0.05, 0) is 68.1 Å². The zero-order valence-corrected chi connectivity index (χ0v) is 18.6. The Bertz CT molecular complexity index is 1010. The maximum absolute atomic E-state index is 6.79. The van der Waals surface area contributed by atoms with Crippen LogP contribution in [0, 0.1) is 13.8 Å². The Morgan fingerprint density at radius 1 is 0.800 bits per heavy atom. The molecule has 0 radical (unpaired) electrons. The summed E-state index contributed by atoms with van der Waals surface area (Å²) in [5, 5.41) is 0. The van der Waals surface area contributed by atoms with Gasteiger partial charge in [0.25, 0.3) is 0 Å². The first-order valence-electron chi connectivity index (χ1n) is 11.3. The Hall–Kier alpha value is -2.58. The molecule has 0 atom stereocenters. The second-order valence-corrected chi connectivity index (χ2v) is 9.04. The van der Waals surface area contributed by atoms with Crippen molar-refractivity contribution in [3.63, 3.8) is 0 Å². The Morgan fingerprint density at radius 3 is 2.10 bits per heavy atom. The normalized spacial score (nSPS) is 14.9. The lowest BCUT2D eigenvalue weighted by Crippen LogP contribution is -2.33. The van der Waals surface area contributed by atoms with E-state index in [2.05, 4.69) is 86.5 Å². The zero-order chi connectivity index (χ0) is 21.1. The van der Waals surface area contributed by atoms with Gasteiger partial charge >= 0.3 is 0 Å². The van der Waals surface area contributed by atoms with Crippen LogP contribution in [0.3, 0.4) is 0 Å². The minimum atomic E-state index is 0.670. The first-order chi connectivity index (χ1) is 14.5. The maximum atomic E-state index is 6.79. The largest absolute Gasteiger partial charge is 0.398 e. The smallest absolute Gasteiger partial charge is 0.0439 e. The van der Waals surface area contributed by atoms with E-state index in [4.69, 9.17) is 5.73 Å². The fourth-order valence-electron chi connectivity index (χ4n) is 4.81. The van der Waals surface area contributed by atoms with Crippen LogP contribution in [-0.4, -0.2) is 18.0 Å². The second kappa shape index (κ2) is 9.06. The molecule has 0 aliphatic heterocycles. The van der Waals surface area contributed by atoms with Crippen LogP contribution >= 0.6 is 0 Å². The van der Waals surface area contributed by atoms with Gasteiger partial charge in [0.2, 0.25) is 0 Å². The minimum absolute atomic E-state index is 0.670. The number of nitrogens with two attached hydrogens (primary N) is 1. The van der Waals surface area contributed by atoms with E-state index in [9.17, 15) is 0 Å². The summed E-state index contributed by atoms with van der Waals surface area (Å²) in [5.74, 6) is 0. The van der Waals surface area contributed by atoms with Crippen LogP contribution in [0.15, 0.2) is 60.7 Å². The number of benzene rings is 3. The van der Waals surface area contributed by atoms with E-state index < -0.39 is 0 Å². The molecule has 1 saturated carbocycles. The quantitative estimate of drug-likeness (QED) is 0.470. The molecule has 30 heavy (non-hydrogen) atoms. The molecule has 1 aliphatic carbocycles. The Labute approximate surface area is 181 Å². The molecular weight excluding hydrogens is 364 g/mol. The molecule has 0 spiro atoms. The van der Waals surface area contributed by atoms with Crippen molar-refractivity contribution in [1.82, 2.24) is 4.90 Å². The molecule has 0 bridgehead atoms. The highest BCUT2D eigenvalue weighted by Crippen LogP contribution is 2.36. The van der Waals surface area contributed by atoms with Gasteiger partial charge in [0.05, 0.1) is 0 Å². The van der Waals surface area contributed by atoms with Crippen molar-refractivity contribution in [3.05, 3.63) is 77.4 Å². The predicted octanol–water partition coefficient (Wildman–Crippen LogP) is 6.98. The number of hydrogen-bond acceptors (Lipinski definition) is 2. The van der Waals surface area contributed by atoms with Gasteiger partial charge in [-0.1, -0.05) is 78.9 Å². The fourth-order valence-corrected chi connectivity index (χ4v) is 4.81. The topological polar surface area (TPSA) is 29.3 Å². The van der Waals surface area contributed by atoms with Crippen LogP contribution in [0.2, 0.25) is 0 Å². The van der Waals surface area contributed by atoms with Crippen molar-refractivity contribution >= 4 is 5.69 Å². The van der Waals surface area contributed by atoms with Crippen LogP contribution in [-0.2, 0) is 6.54 Å². The van der Waals surface area contributed by atoms with E-state index in [-0.39, 0.29) is 0 Å². The summed E-state index contributed by atoms with van der Waals surface area (Å²) >= 11 is 0. The van der Waals surface area contributed by atoms with Crippen LogP contribution in [0.25, 0.3) is 22.3 Å². The van der Waals surface area contributed by atoms with Crippen molar-refractivity contribution in [2.45, 2.75) is 58.5 Å². The summed E-state index contributed by atoms with van der Waals surface area (Å²) in [7, 11) is 2.26. The molecule has 0 unspecified atom stereocenters. The molecule has 0 aromatic heterocycles. The lowest BCUT2D eigenvalue weighted by molar-refractivity contribution is 0.185. The van der Waals surface area contributed by atoms with E-state index in [0.717, 1.165) is 17.8 Å². The molecule has 1 fully saturated rings. The number of anilines is 1. The molecular formula is C28H34N2. The predicted molar refractivity (Wildman–Crippen MR) is 130 cm³/mol. The first kappa shape index (κ1) is 20.7. The standard InChI is InChI=1S/C28H34N2/c1-20-9-7-11-22(15-20)24-17-25(19-30(3)26-13-5-4-6-14-26)28(29)27(18-24)23-12-8-10-21(2)16-23/h7-12,15-18,26H,4-6,13-14,19,29H2,1-3H3. The summed E-state index contributed by atoms with van der Waals surface area (Å²) in [5.41, 5.74) is 16.3. The summed E-state index contributed by atoms with van der Waals surface area (Å²) in [6, 6.07) is 22.7. The molecule has 3 aromatic carbocycles. The molecule has 0 heterocycles. The fraction of sp³-hybridized carbons (Fsp3) is 0.357. The average Bonchev–Trinajstić information content (AvgIpc) is 2.75. The molecule has 2 heteroatoms. The Balaban J connectivity index is 1.77. The molecule has 156 valence electrons. The zero-order valence-electron chi connectivity index (χ0n) is 18.6. The van der Waals surface area contributed by atoms with E-state index in [0.29, 0.717) is 6.04 Å². The number of hydrogen-bond donors (Lipinski definition) is 1. The van der Waals surface area contributed by atoms with Gasteiger partial charge in [-0.3, -0.25) is 4.90 Å². The van der Waals surface area contributed by atoms with Crippen molar-refractivity contribution in [2.24, 2.45) is 0 Å². The minimum Gasteiger partial charge on any atom is -0.398 e. The van der Waals surface area contributed by atoms with Crippen molar-refractivity contribution < 1.29 is 0 Å². The molecule has 0 amide bonds. The van der Waals surface area contributed by atoms with Crippen LogP contribution in [0.1, 0.15) is 48.8 Å². The number of aryl methyl sites for hydroxylation is 2. The van der Waals surface area contributed by atoms with Crippen molar-refractivity contribution in [3.8, 4) is 22.3 Å². The van der Waals surface area contributed by atoms with Gasteiger partial charge < -0.3 is 5.73 Å². The number of rotatable bonds is 5. The van der Waals surface area contributed by atoms with Gasteiger partial charge in [0, 0.05) is 23.8 Å². The molecule has 2 nitrogen and oxygen atoms in total. The SMILES string of the molecule is Cc1cccc(-c2cc(CN(C)C3CCCCC3)c(N)c(-c3cccc(C)c3)c2)c1. The summed E-state index contributed by atoms with van der Waals surface area (Å²) in [4.78, 5) is 2.52. The molecule has 3 aromatic rings. The molecule has 2 N–H and O–H groups in total. The highest BCUT2D eigenvalue weighted by atomic mass is 15.1. The lowest BCUT2D eigenvalue weighted by atomic mass is 9.91. The third kappa shape index (κ3) is 4.60. The first-order valence-corrected chi connectivity index (χ1v) is 11.3. The summed E-state index contributed by atoms with van der Waals surface area (Å²) in [6.07, 6.45) is 6.69. The lowest BCUT2D eigenvalue weighted by Gasteiger charge is -2.32. The van der Waals surface area contributed by atoms with Gasteiger partial charge in [0.15, 0.2) is 0 Å². The van der Waals surface area contributed by atoms with Crippen LogP contribution < -0.4 is 5.73 Å². The van der Waals surface area contributed by atoms with Crippen molar-refractivity contribution in [2.75, 3.05) is 12.8 Å². The third-order valence-corrected chi connectivity index (χ3v) is 6.56. The van der Waals surface area contributed by atoms with Gasteiger partial charge in [-0.2, -0.15) is 0 Å². The Morgan fingerprint density at radius 2 is 1.43 bits per heavy atom. The monoisotopic (exact) mass is 398 g/mol. The third-order valence-electron chi connectivity index (χ3n) is 6.56. The summed E-state index contributed by atoms with van der Waals surface area (Å²) in [6.45, 7) is 5.19. The molecule has 1 aliphatic rings. The van der Waals surface area contributed by atoms with E-state index >= 15 is 0 Å². The van der Waals surface area contributed by atoms with E-state index in [1.165, 1.54) is 65.5 Å². The second-order valence-electron chi connectivity index (χ2n) is 9.04. The van der Waals surface area contributed by atoms with Crippen LogP contribution in [0.4, 0.5) is 5.69 Å². The van der Waals surface area contributed by atoms with Gasteiger partial charge in [-0.15, -0.1) is 0 Å².